The summed E-state index contributed by atoms with van der Waals surface area (Å²) in [4.78, 5) is 54.3. The summed E-state index contributed by atoms with van der Waals surface area (Å²) in [6.07, 6.45) is 4.20. The van der Waals surface area contributed by atoms with Gasteiger partial charge in [-0.1, -0.05) is 44.2 Å². The maximum Gasteiger partial charge on any atom is 0.262 e. The second-order valence-corrected chi connectivity index (χ2v) is 11.7. The highest BCUT2D eigenvalue weighted by molar-refractivity contribution is 6.24. The van der Waals surface area contributed by atoms with Crippen LogP contribution in [0.25, 0.3) is 0 Å². The third kappa shape index (κ3) is 5.24. The second kappa shape index (κ2) is 10.9. The molecule has 6 heteroatoms. The largest absolute Gasteiger partial charge is 0.299 e. The quantitative estimate of drug-likeness (QED) is 0.387. The molecule has 0 radical (unpaired) electrons. The number of nitrogens with zero attached hydrogens (tertiary/aromatic N) is 2. The monoisotopic (exact) mass is 514 g/mol. The summed E-state index contributed by atoms with van der Waals surface area (Å²) in [5, 5.41) is 0. The lowest BCUT2D eigenvalue weighted by Gasteiger charge is -2.34. The Bertz CT molecular complexity index is 1270. The first-order chi connectivity index (χ1) is 18.2. The number of amides is 2. The maximum atomic E-state index is 13.4. The summed E-state index contributed by atoms with van der Waals surface area (Å²) in [5.41, 5.74) is 5.47. The third-order valence-corrected chi connectivity index (χ3v) is 8.84. The average molecular weight is 515 g/mol. The number of likely N-dealkylation sites (tertiary alicyclic amines) is 1. The number of hydrogen-bond acceptors (Lipinski definition) is 5. The Balaban J connectivity index is 1.25. The molecular weight excluding hydrogens is 476 g/mol. The minimum Gasteiger partial charge on any atom is -0.299 e. The zero-order valence-corrected chi connectivity index (χ0v) is 22.8. The van der Waals surface area contributed by atoms with Crippen molar-refractivity contribution in [3.63, 3.8) is 0 Å². The van der Waals surface area contributed by atoms with Gasteiger partial charge in [0.2, 0.25) is 0 Å². The lowest BCUT2D eigenvalue weighted by Crippen LogP contribution is -2.47. The molecule has 2 aliphatic heterocycles. The van der Waals surface area contributed by atoms with Gasteiger partial charge >= 0.3 is 0 Å². The van der Waals surface area contributed by atoms with E-state index in [2.05, 4.69) is 43.9 Å². The molecule has 0 bridgehead atoms. The third-order valence-electron chi connectivity index (χ3n) is 8.84. The number of ketones is 2. The lowest BCUT2D eigenvalue weighted by molar-refractivity contribution is -0.132. The van der Waals surface area contributed by atoms with E-state index in [1.165, 1.54) is 29.5 Å². The fourth-order valence-corrected chi connectivity index (χ4v) is 6.39. The number of rotatable bonds is 7. The summed E-state index contributed by atoms with van der Waals surface area (Å²) in [6, 6.07) is 11.2. The molecule has 0 aromatic heterocycles. The van der Waals surface area contributed by atoms with Gasteiger partial charge in [0.1, 0.15) is 5.78 Å². The molecule has 2 amide bonds. The van der Waals surface area contributed by atoms with Crippen LogP contribution >= 0.6 is 0 Å². The van der Waals surface area contributed by atoms with Crippen molar-refractivity contribution in [3.05, 3.63) is 69.8 Å². The van der Waals surface area contributed by atoms with Crippen molar-refractivity contribution in [3.8, 4) is 0 Å². The SMILES string of the molecule is Cc1cc(CCc2cccc3c2C(=O)N(C2CCC(=O)CC2=O)C3=O)ccc1CN1CCC(C(C)C)CC1. The van der Waals surface area contributed by atoms with E-state index in [1.54, 1.807) is 6.07 Å². The summed E-state index contributed by atoms with van der Waals surface area (Å²) in [7, 11) is 0. The molecule has 2 heterocycles. The van der Waals surface area contributed by atoms with Crippen molar-refractivity contribution in [2.24, 2.45) is 11.8 Å². The summed E-state index contributed by atoms with van der Waals surface area (Å²) < 4.78 is 0. The van der Waals surface area contributed by atoms with Crippen LogP contribution in [0.3, 0.4) is 0 Å². The fraction of sp³-hybridized carbons (Fsp3) is 0.500. The maximum absolute atomic E-state index is 13.4. The van der Waals surface area contributed by atoms with Crippen LogP contribution in [0.2, 0.25) is 0 Å². The van der Waals surface area contributed by atoms with Crippen molar-refractivity contribution >= 4 is 23.4 Å². The number of imide groups is 1. The minimum absolute atomic E-state index is 0.124. The van der Waals surface area contributed by atoms with Gasteiger partial charge in [0, 0.05) is 13.0 Å². The summed E-state index contributed by atoms with van der Waals surface area (Å²) in [5.74, 6) is 0.327. The van der Waals surface area contributed by atoms with Gasteiger partial charge in [0.15, 0.2) is 5.78 Å². The van der Waals surface area contributed by atoms with Crippen molar-refractivity contribution in [1.82, 2.24) is 9.80 Å². The van der Waals surface area contributed by atoms with E-state index >= 15 is 0 Å². The molecule has 200 valence electrons. The van der Waals surface area contributed by atoms with Crippen molar-refractivity contribution in [2.45, 2.75) is 78.3 Å². The molecule has 2 fully saturated rings. The Labute approximate surface area is 225 Å². The number of piperidine rings is 1. The van der Waals surface area contributed by atoms with E-state index in [9.17, 15) is 19.2 Å². The molecule has 1 atom stereocenters. The number of carbonyl (C=O) groups excluding carboxylic acids is 4. The van der Waals surface area contributed by atoms with E-state index < -0.39 is 17.9 Å². The van der Waals surface area contributed by atoms with Crippen LogP contribution in [0.1, 0.15) is 88.9 Å². The molecular formula is C32H38N2O4. The molecule has 5 rings (SSSR count). The van der Waals surface area contributed by atoms with Crippen LogP contribution < -0.4 is 0 Å². The Morgan fingerprint density at radius 2 is 1.66 bits per heavy atom. The Morgan fingerprint density at radius 3 is 2.34 bits per heavy atom. The molecule has 1 aliphatic carbocycles. The van der Waals surface area contributed by atoms with Gasteiger partial charge in [-0.05, 0) is 92.3 Å². The number of hydrogen-bond donors (Lipinski definition) is 0. The average Bonchev–Trinajstić information content (AvgIpc) is 3.15. The van der Waals surface area contributed by atoms with E-state index in [0.717, 1.165) is 48.4 Å². The molecule has 3 aliphatic rings. The highest BCUT2D eigenvalue weighted by Crippen LogP contribution is 2.32. The van der Waals surface area contributed by atoms with Gasteiger partial charge in [0.05, 0.1) is 23.6 Å². The van der Waals surface area contributed by atoms with E-state index in [-0.39, 0.29) is 30.8 Å². The summed E-state index contributed by atoms with van der Waals surface area (Å²) >= 11 is 0. The minimum atomic E-state index is -0.834. The summed E-state index contributed by atoms with van der Waals surface area (Å²) in [6.45, 7) is 10.1. The van der Waals surface area contributed by atoms with Crippen molar-refractivity contribution < 1.29 is 19.2 Å². The molecule has 2 aromatic rings. The normalized spacial score (nSPS) is 21.1. The van der Waals surface area contributed by atoms with Crippen LogP contribution in [-0.4, -0.2) is 52.3 Å². The van der Waals surface area contributed by atoms with Gasteiger partial charge < -0.3 is 0 Å². The van der Waals surface area contributed by atoms with E-state index in [1.807, 2.05) is 12.1 Å². The Morgan fingerprint density at radius 1 is 0.895 bits per heavy atom. The standard InChI is InChI=1S/C32H38N2O4/c1-20(2)23-13-15-33(16-14-23)19-25-10-8-22(17-21(25)3)7-9-24-5-4-6-27-30(24)32(38)34(31(27)37)28-12-11-26(35)18-29(28)36/h4-6,8,10,17,20,23,28H,7,9,11-16,18-19H2,1-3H3. The Kier molecular flexibility index (Phi) is 7.62. The number of carbonyl (C=O) groups is 4. The lowest BCUT2D eigenvalue weighted by atomic mass is 9.86. The molecule has 38 heavy (non-hydrogen) atoms. The highest BCUT2D eigenvalue weighted by atomic mass is 16.2. The van der Waals surface area contributed by atoms with Gasteiger partial charge in [-0.3, -0.25) is 29.0 Å². The highest BCUT2D eigenvalue weighted by Gasteiger charge is 2.45. The predicted octanol–water partition coefficient (Wildman–Crippen LogP) is 4.93. The predicted molar refractivity (Wildman–Crippen MR) is 146 cm³/mol. The molecule has 1 saturated carbocycles. The van der Waals surface area contributed by atoms with Crippen LogP contribution in [0, 0.1) is 18.8 Å². The molecule has 2 aromatic carbocycles. The first-order valence-corrected chi connectivity index (χ1v) is 14.1. The van der Waals surface area contributed by atoms with Gasteiger partial charge in [-0.2, -0.15) is 0 Å². The van der Waals surface area contributed by atoms with Gasteiger partial charge in [-0.25, -0.2) is 0 Å². The van der Waals surface area contributed by atoms with Crippen LogP contribution in [-0.2, 0) is 29.0 Å². The number of Topliss-reactive ketones (excluding diaryl/α,β-unsaturated/α-hetero) is 2. The topological polar surface area (TPSA) is 74.8 Å². The smallest absolute Gasteiger partial charge is 0.262 e. The number of benzene rings is 2. The van der Waals surface area contributed by atoms with Crippen LogP contribution in [0.5, 0.6) is 0 Å². The molecule has 1 unspecified atom stereocenters. The van der Waals surface area contributed by atoms with Gasteiger partial charge in [-0.15, -0.1) is 0 Å². The Hall–Kier alpha value is -3.12. The first-order valence-electron chi connectivity index (χ1n) is 14.1. The fourth-order valence-electron chi connectivity index (χ4n) is 6.39. The zero-order valence-electron chi connectivity index (χ0n) is 22.8. The zero-order chi connectivity index (χ0) is 27.0. The van der Waals surface area contributed by atoms with E-state index in [4.69, 9.17) is 0 Å². The van der Waals surface area contributed by atoms with Crippen LogP contribution in [0.15, 0.2) is 36.4 Å². The van der Waals surface area contributed by atoms with Crippen LogP contribution in [0.4, 0.5) is 0 Å². The molecule has 1 saturated heterocycles. The molecule has 0 spiro atoms. The van der Waals surface area contributed by atoms with Gasteiger partial charge in [0.25, 0.3) is 11.8 Å². The molecule has 6 nitrogen and oxygen atoms in total. The van der Waals surface area contributed by atoms with Crippen molar-refractivity contribution in [1.29, 1.82) is 0 Å². The number of aryl methyl sites for hydroxylation is 3. The molecule has 0 N–H and O–H groups in total. The second-order valence-electron chi connectivity index (χ2n) is 11.7. The van der Waals surface area contributed by atoms with E-state index in [0.29, 0.717) is 17.5 Å². The van der Waals surface area contributed by atoms with Crippen molar-refractivity contribution in [2.75, 3.05) is 13.1 Å². The number of fused-ring (bicyclic) bond motifs is 1. The first kappa shape index (κ1) is 26.5.